The molecule has 0 aromatic heterocycles. The third-order valence-corrected chi connectivity index (χ3v) is 3.60. The molecule has 2 rings (SSSR count). The van der Waals surface area contributed by atoms with Crippen LogP contribution in [0.4, 0.5) is 11.4 Å². The van der Waals surface area contributed by atoms with Crippen molar-refractivity contribution in [1.82, 2.24) is 0 Å². The van der Waals surface area contributed by atoms with Crippen LogP contribution < -0.4 is 11.1 Å². The van der Waals surface area contributed by atoms with Gasteiger partial charge in [-0.3, -0.25) is 4.79 Å². The van der Waals surface area contributed by atoms with E-state index in [1.807, 2.05) is 0 Å². The van der Waals surface area contributed by atoms with Crippen LogP contribution in [0.15, 0.2) is 40.9 Å². The van der Waals surface area contributed by atoms with E-state index in [-0.39, 0.29) is 5.91 Å². The number of benzene rings is 2. The maximum absolute atomic E-state index is 12.1. The van der Waals surface area contributed by atoms with E-state index in [1.54, 1.807) is 30.3 Å². The van der Waals surface area contributed by atoms with Crippen molar-refractivity contribution in [3.63, 3.8) is 0 Å². The maximum atomic E-state index is 12.1. The van der Waals surface area contributed by atoms with Crippen LogP contribution in [0.3, 0.4) is 0 Å². The molecule has 1 amide bonds. The van der Waals surface area contributed by atoms with E-state index in [0.717, 1.165) is 4.47 Å². The molecule has 0 heterocycles. The first-order chi connectivity index (χ1) is 8.97. The highest BCUT2D eigenvalue weighted by atomic mass is 79.9. The molecule has 6 heteroatoms. The van der Waals surface area contributed by atoms with E-state index >= 15 is 0 Å². The number of anilines is 2. The van der Waals surface area contributed by atoms with Crippen molar-refractivity contribution in [2.75, 3.05) is 11.1 Å². The second kappa shape index (κ2) is 5.82. The summed E-state index contributed by atoms with van der Waals surface area (Å²) in [7, 11) is 0. The van der Waals surface area contributed by atoms with E-state index in [9.17, 15) is 4.79 Å². The van der Waals surface area contributed by atoms with E-state index in [4.69, 9.17) is 28.9 Å². The smallest absolute Gasteiger partial charge is 0.257 e. The van der Waals surface area contributed by atoms with Crippen molar-refractivity contribution >= 4 is 56.4 Å². The predicted octanol–water partition coefficient (Wildman–Crippen LogP) is 4.59. The number of carbonyl (C=O) groups excluding carboxylic acids is 1. The average molecular weight is 360 g/mol. The molecule has 0 fully saturated rings. The Morgan fingerprint density at radius 1 is 1.11 bits per heavy atom. The fraction of sp³-hybridized carbons (Fsp3) is 0. The van der Waals surface area contributed by atoms with Gasteiger partial charge >= 0.3 is 0 Å². The second-order valence-electron chi connectivity index (χ2n) is 3.81. The summed E-state index contributed by atoms with van der Waals surface area (Å²) in [6, 6.07) is 9.84. The molecule has 3 N–H and O–H groups in total. The summed E-state index contributed by atoms with van der Waals surface area (Å²) in [5, 5.41) is 3.70. The fourth-order valence-electron chi connectivity index (χ4n) is 1.51. The third kappa shape index (κ3) is 3.41. The van der Waals surface area contributed by atoms with Crippen LogP contribution in [0.2, 0.25) is 10.0 Å². The number of hydrogen-bond donors (Lipinski definition) is 2. The quantitative estimate of drug-likeness (QED) is 0.770. The Balaban J connectivity index is 2.30. The Morgan fingerprint density at radius 3 is 2.47 bits per heavy atom. The first-order valence-corrected chi connectivity index (χ1v) is 6.83. The van der Waals surface area contributed by atoms with Crippen LogP contribution in [0, 0.1) is 0 Å². The molecule has 2 aromatic carbocycles. The number of halogens is 3. The van der Waals surface area contributed by atoms with Crippen molar-refractivity contribution in [1.29, 1.82) is 0 Å². The number of nitrogens with two attached hydrogens (primary N) is 1. The van der Waals surface area contributed by atoms with Gasteiger partial charge in [0.15, 0.2) is 0 Å². The summed E-state index contributed by atoms with van der Waals surface area (Å²) in [5.41, 5.74) is 7.00. The largest absolute Gasteiger partial charge is 0.398 e. The minimum Gasteiger partial charge on any atom is -0.398 e. The van der Waals surface area contributed by atoms with E-state index in [0.29, 0.717) is 27.0 Å². The molecule has 0 radical (unpaired) electrons. The zero-order chi connectivity index (χ0) is 14.0. The third-order valence-electron chi connectivity index (χ3n) is 2.44. The Hall–Kier alpha value is -1.23. The van der Waals surface area contributed by atoms with E-state index in [1.165, 1.54) is 6.07 Å². The van der Waals surface area contributed by atoms with Crippen LogP contribution in [0.5, 0.6) is 0 Å². The minimum atomic E-state index is -0.344. The van der Waals surface area contributed by atoms with Crippen molar-refractivity contribution in [2.45, 2.75) is 0 Å². The number of nitrogens with one attached hydrogen (secondary N) is 1. The van der Waals surface area contributed by atoms with Crippen LogP contribution >= 0.6 is 39.1 Å². The normalized spacial score (nSPS) is 10.3. The topological polar surface area (TPSA) is 55.1 Å². The van der Waals surface area contributed by atoms with Gasteiger partial charge in [0.05, 0.1) is 11.3 Å². The summed E-state index contributed by atoms with van der Waals surface area (Å²) < 4.78 is 0.728. The molecule has 0 aliphatic carbocycles. The van der Waals surface area contributed by atoms with Gasteiger partial charge in [0.1, 0.15) is 0 Å². The molecule has 19 heavy (non-hydrogen) atoms. The van der Waals surface area contributed by atoms with Gasteiger partial charge < -0.3 is 11.1 Å². The SMILES string of the molecule is Nc1ccc(Cl)cc1C(=O)Nc1cc(Cl)ccc1Br. The maximum Gasteiger partial charge on any atom is 0.257 e. The summed E-state index contributed by atoms with van der Waals surface area (Å²) in [6.45, 7) is 0. The van der Waals surface area contributed by atoms with Crippen molar-refractivity contribution < 1.29 is 4.79 Å². The first-order valence-electron chi connectivity index (χ1n) is 5.29. The molecule has 0 saturated carbocycles. The zero-order valence-electron chi connectivity index (χ0n) is 9.58. The predicted molar refractivity (Wildman–Crippen MR) is 83.0 cm³/mol. The van der Waals surface area contributed by atoms with Crippen LogP contribution in [-0.4, -0.2) is 5.91 Å². The first kappa shape index (κ1) is 14.2. The van der Waals surface area contributed by atoms with Crippen molar-refractivity contribution in [3.8, 4) is 0 Å². The zero-order valence-corrected chi connectivity index (χ0v) is 12.7. The van der Waals surface area contributed by atoms with E-state index < -0.39 is 0 Å². The Morgan fingerprint density at radius 2 is 1.74 bits per heavy atom. The molecule has 0 aliphatic rings. The second-order valence-corrected chi connectivity index (χ2v) is 5.54. The van der Waals surface area contributed by atoms with Gasteiger partial charge in [0, 0.05) is 20.2 Å². The molecular weight excluding hydrogens is 351 g/mol. The summed E-state index contributed by atoms with van der Waals surface area (Å²) >= 11 is 15.1. The molecule has 2 aromatic rings. The molecule has 0 atom stereocenters. The summed E-state index contributed by atoms with van der Waals surface area (Å²) in [5.74, 6) is -0.344. The molecule has 0 spiro atoms. The van der Waals surface area contributed by atoms with Crippen molar-refractivity contribution in [2.24, 2.45) is 0 Å². The van der Waals surface area contributed by atoms with Crippen molar-refractivity contribution in [3.05, 3.63) is 56.5 Å². The van der Waals surface area contributed by atoms with Crippen LogP contribution in [0.1, 0.15) is 10.4 Å². The fourth-order valence-corrected chi connectivity index (χ4v) is 2.20. The van der Waals surface area contributed by atoms with Gasteiger partial charge in [-0.05, 0) is 52.3 Å². The minimum absolute atomic E-state index is 0.319. The number of hydrogen-bond acceptors (Lipinski definition) is 2. The highest BCUT2D eigenvalue weighted by Crippen LogP contribution is 2.27. The highest BCUT2D eigenvalue weighted by Gasteiger charge is 2.12. The molecule has 98 valence electrons. The van der Waals surface area contributed by atoms with Gasteiger partial charge in [-0.15, -0.1) is 0 Å². The molecule has 3 nitrogen and oxygen atoms in total. The number of amides is 1. The monoisotopic (exact) mass is 358 g/mol. The Kier molecular flexibility index (Phi) is 4.34. The standard InChI is InChI=1S/C13H9BrCl2N2O/c14-10-3-1-8(16)6-12(10)18-13(19)9-5-7(15)2-4-11(9)17/h1-6H,17H2,(H,18,19). The molecule has 0 unspecified atom stereocenters. The number of nitrogen functional groups attached to an aromatic ring is 1. The van der Waals surface area contributed by atoms with E-state index in [2.05, 4.69) is 21.2 Å². The Bertz CT molecular complexity index is 647. The Labute approximate surface area is 128 Å². The lowest BCUT2D eigenvalue weighted by Crippen LogP contribution is -2.14. The van der Waals surface area contributed by atoms with Gasteiger partial charge in [0.2, 0.25) is 0 Å². The van der Waals surface area contributed by atoms with Gasteiger partial charge in [-0.2, -0.15) is 0 Å². The molecule has 0 bridgehead atoms. The molecule has 0 aliphatic heterocycles. The lowest BCUT2D eigenvalue weighted by Gasteiger charge is -2.09. The molecule has 0 saturated heterocycles. The van der Waals surface area contributed by atoms with Gasteiger partial charge in [-0.1, -0.05) is 23.2 Å². The van der Waals surface area contributed by atoms with Crippen LogP contribution in [0.25, 0.3) is 0 Å². The number of carbonyl (C=O) groups is 1. The average Bonchev–Trinajstić information content (AvgIpc) is 2.36. The lowest BCUT2D eigenvalue weighted by molar-refractivity contribution is 0.102. The summed E-state index contributed by atoms with van der Waals surface area (Å²) in [4.78, 5) is 12.1. The molecular formula is C13H9BrCl2N2O. The van der Waals surface area contributed by atoms with Gasteiger partial charge in [-0.25, -0.2) is 0 Å². The summed E-state index contributed by atoms with van der Waals surface area (Å²) in [6.07, 6.45) is 0. The highest BCUT2D eigenvalue weighted by molar-refractivity contribution is 9.10. The van der Waals surface area contributed by atoms with Crippen LogP contribution in [-0.2, 0) is 0 Å². The number of rotatable bonds is 2. The lowest BCUT2D eigenvalue weighted by atomic mass is 10.1. The van der Waals surface area contributed by atoms with Gasteiger partial charge in [0.25, 0.3) is 5.91 Å².